The quantitative estimate of drug-likeness (QED) is 0.880. The molecule has 1 aliphatic rings. The lowest BCUT2D eigenvalue weighted by molar-refractivity contribution is -0.123. The second kappa shape index (κ2) is 4.06. The molecule has 2 N–H and O–H groups in total. The fourth-order valence-corrected chi connectivity index (χ4v) is 3.05. The smallest absolute Gasteiger partial charge is 0.229 e. The Kier molecular flexibility index (Phi) is 2.52. The Morgan fingerprint density at radius 2 is 2.22 bits per heavy atom. The summed E-state index contributed by atoms with van der Waals surface area (Å²) in [6.07, 6.45) is 0.186. The highest BCUT2D eigenvalue weighted by atomic mass is 32.1. The number of para-hydroxylation sites is 1. The number of anilines is 1. The average Bonchev–Trinajstić information content (AvgIpc) is 2.91. The molecule has 2 heterocycles. The van der Waals surface area contributed by atoms with E-state index >= 15 is 0 Å². The van der Waals surface area contributed by atoms with Gasteiger partial charge in [0, 0.05) is 13.0 Å². The standard InChI is InChI=1S/C12H11N3O2S/c13-11(17)7-5-10(16)15(6-7)12-14-8-3-1-2-4-9(8)18-12/h1-4,7H,5-6H2,(H2,13,17). The van der Waals surface area contributed by atoms with Crippen molar-refractivity contribution < 1.29 is 9.59 Å². The number of carbonyl (C=O) groups excluding carboxylic acids is 2. The van der Waals surface area contributed by atoms with Crippen molar-refractivity contribution >= 4 is 38.5 Å². The van der Waals surface area contributed by atoms with Gasteiger partial charge in [-0.25, -0.2) is 4.98 Å². The number of hydrogen-bond acceptors (Lipinski definition) is 4. The summed E-state index contributed by atoms with van der Waals surface area (Å²) in [5.41, 5.74) is 6.11. The zero-order valence-electron chi connectivity index (χ0n) is 9.50. The number of hydrogen-bond donors (Lipinski definition) is 1. The Morgan fingerprint density at radius 1 is 1.44 bits per heavy atom. The molecule has 1 fully saturated rings. The lowest BCUT2D eigenvalue weighted by Gasteiger charge is -2.11. The molecule has 1 unspecified atom stereocenters. The Labute approximate surface area is 107 Å². The van der Waals surface area contributed by atoms with E-state index in [1.807, 2.05) is 24.3 Å². The van der Waals surface area contributed by atoms with Gasteiger partial charge in [0.05, 0.1) is 16.1 Å². The van der Waals surface area contributed by atoms with Crippen molar-refractivity contribution in [1.29, 1.82) is 0 Å². The number of amides is 2. The molecule has 5 nitrogen and oxygen atoms in total. The molecular weight excluding hydrogens is 250 g/mol. The van der Waals surface area contributed by atoms with Gasteiger partial charge in [0.2, 0.25) is 11.8 Å². The van der Waals surface area contributed by atoms with Crippen LogP contribution in [0.5, 0.6) is 0 Å². The number of benzene rings is 1. The van der Waals surface area contributed by atoms with Crippen molar-refractivity contribution in [2.75, 3.05) is 11.4 Å². The van der Waals surface area contributed by atoms with Crippen molar-refractivity contribution in [1.82, 2.24) is 4.98 Å². The monoisotopic (exact) mass is 261 g/mol. The molecule has 6 heteroatoms. The SMILES string of the molecule is NC(=O)C1CC(=O)N(c2nc3ccccc3s2)C1. The highest BCUT2D eigenvalue weighted by molar-refractivity contribution is 7.22. The van der Waals surface area contributed by atoms with Crippen molar-refractivity contribution in [3.63, 3.8) is 0 Å². The van der Waals surface area contributed by atoms with Gasteiger partial charge in [0.25, 0.3) is 0 Å². The summed E-state index contributed by atoms with van der Waals surface area (Å²) in [7, 11) is 0. The van der Waals surface area contributed by atoms with Gasteiger partial charge in [-0.15, -0.1) is 0 Å². The summed E-state index contributed by atoms with van der Waals surface area (Å²) in [5, 5.41) is 0.643. The summed E-state index contributed by atoms with van der Waals surface area (Å²) in [4.78, 5) is 28.9. The molecule has 3 rings (SSSR count). The molecule has 2 aromatic rings. The van der Waals surface area contributed by atoms with Crippen molar-refractivity contribution in [3.8, 4) is 0 Å². The third-order valence-electron chi connectivity index (χ3n) is 3.04. The minimum Gasteiger partial charge on any atom is -0.369 e. The maximum absolute atomic E-state index is 11.9. The van der Waals surface area contributed by atoms with E-state index < -0.39 is 11.8 Å². The highest BCUT2D eigenvalue weighted by Gasteiger charge is 2.35. The van der Waals surface area contributed by atoms with E-state index in [9.17, 15) is 9.59 Å². The van der Waals surface area contributed by atoms with Crippen LogP contribution in [0.3, 0.4) is 0 Å². The van der Waals surface area contributed by atoms with Gasteiger partial charge in [-0.1, -0.05) is 23.5 Å². The van der Waals surface area contributed by atoms with Gasteiger partial charge in [0.15, 0.2) is 5.13 Å². The molecule has 0 aliphatic carbocycles. The van der Waals surface area contributed by atoms with Crippen LogP contribution in [0.15, 0.2) is 24.3 Å². The number of carbonyl (C=O) groups is 2. The van der Waals surface area contributed by atoms with Crippen LogP contribution in [0.4, 0.5) is 5.13 Å². The first-order valence-corrected chi connectivity index (χ1v) is 6.42. The topological polar surface area (TPSA) is 76.3 Å². The van der Waals surface area contributed by atoms with Crippen molar-refractivity contribution in [2.45, 2.75) is 6.42 Å². The molecule has 1 aromatic heterocycles. The van der Waals surface area contributed by atoms with Gasteiger partial charge in [-0.2, -0.15) is 0 Å². The van der Waals surface area contributed by atoms with E-state index in [0.29, 0.717) is 11.7 Å². The van der Waals surface area contributed by atoms with Crippen LogP contribution in [-0.2, 0) is 9.59 Å². The molecular formula is C12H11N3O2S. The minimum atomic E-state index is -0.424. The lowest BCUT2D eigenvalue weighted by Crippen LogP contribution is -2.28. The van der Waals surface area contributed by atoms with Gasteiger partial charge < -0.3 is 5.73 Å². The van der Waals surface area contributed by atoms with Crippen LogP contribution in [0.2, 0.25) is 0 Å². The molecule has 0 saturated carbocycles. The van der Waals surface area contributed by atoms with Crippen LogP contribution in [0, 0.1) is 5.92 Å². The van der Waals surface area contributed by atoms with Crippen LogP contribution >= 0.6 is 11.3 Å². The summed E-state index contributed by atoms with van der Waals surface area (Å²) >= 11 is 1.45. The van der Waals surface area contributed by atoms with E-state index in [2.05, 4.69) is 4.98 Å². The number of nitrogens with zero attached hydrogens (tertiary/aromatic N) is 2. The summed E-state index contributed by atoms with van der Waals surface area (Å²) in [6.45, 7) is 0.341. The van der Waals surface area contributed by atoms with Crippen LogP contribution in [0.25, 0.3) is 10.2 Å². The van der Waals surface area contributed by atoms with Crippen LogP contribution in [0.1, 0.15) is 6.42 Å². The molecule has 0 spiro atoms. The first-order chi connectivity index (χ1) is 8.65. The van der Waals surface area contributed by atoms with Gasteiger partial charge in [0.1, 0.15) is 0 Å². The Morgan fingerprint density at radius 3 is 2.89 bits per heavy atom. The molecule has 1 aliphatic heterocycles. The molecule has 92 valence electrons. The second-order valence-corrected chi connectivity index (χ2v) is 5.28. The van der Waals surface area contributed by atoms with Gasteiger partial charge in [-0.05, 0) is 12.1 Å². The Balaban J connectivity index is 1.95. The van der Waals surface area contributed by atoms with E-state index in [-0.39, 0.29) is 12.3 Å². The zero-order valence-corrected chi connectivity index (χ0v) is 10.3. The normalized spacial score (nSPS) is 19.7. The van der Waals surface area contributed by atoms with Crippen LogP contribution in [-0.4, -0.2) is 23.3 Å². The van der Waals surface area contributed by atoms with E-state index in [1.165, 1.54) is 11.3 Å². The fraction of sp³-hybridized carbons (Fsp3) is 0.250. The second-order valence-electron chi connectivity index (χ2n) is 4.27. The number of primary amides is 1. The number of aromatic nitrogens is 1. The van der Waals surface area contributed by atoms with Crippen molar-refractivity contribution in [3.05, 3.63) is 24.3 Å². The zero-order chi connectivity index (χ0) is 12.7. The van der Waals surface area contributed by atoms with Crippen LogP contribution < -0.4 is 10.6 Å². The van der Waals surface area contributed by atoms with E-state index in [0.717, 1.165) is 10.2 Å². The fourth-order valence-electron chi connectivity index (χ4n) is 2.06. The van der Waals surface area contributed by atoms with Crippen molar-refractivity contribution in [2.24, 2.45) is 11.7 Å². The molecule has 18 heavy (non-hydrogen) atoms. The molecule has 0 radical (unpaired) electrons. The first-order valence-electron chi connectivity index (χ1n) is 5.60. The average molecular weight is 261 g/mol. The summed E-state index contributed by atoms with van der Waals surface area (Å²) in [6, 6.07) is 7.70. The molecule has 0 bridgehead atoms. The predicted octanol–water partition coefficient (Wildman–Crippen LogP) is 1.13. The lowest BCUT2D eigenvalue weighted by atomic mass is 10.1. The summed E-state index contributed by atoms with van der Waals surface area (Å²) < 4.78 is 1.03. The van der Waals surface area contributed by atoms with Gasteiger partial charge >= 0.3 is 0 Å². The minimum absolute atomic E-state index is 0.0853. The third kappa shape index (κ3) is 1.74. The van der Waals surface area contributed by atoms with E-state index in [1.54, 1.807) is 4.90 Å². The highest BCUT2D eigenvalue weighted by Crippen LogP contribution is 2.32. The predicted molar refractivity (Wildman–Crippen MR) is 69.3 cm³/mol. The van der Waals surface area contributed by atoms with E-state index in [4.69, 9.17) is 5.73 Å². The molecule has 1 aromatic carbocycles. The Hall–Kier alpha value is -1.95. The van der Waals surface area contributed by atoms with Gasteiger partial charge in [-0.3, -0.25) is 14.5 Å². The first kappa shape index (κ1) is 11.2. The number of rotatable bonds is 2. The number of fused-ring (bicyclic) bond motifs is 1. The largest absolute Gasteiger partial charge is 0.369 e. The summed E-state index contributed by atoms with van der Waals surface area (Å²) in [5.74, 6) is -0.908. The maximum Gasteiger partial charge on any atom is 0.229 e. The number of nitrogens with two attached hydrogens (primary N) is 1. The third-order valence-corrected chi connectivity index (χ3v) is 4.10. The Bertz CT molecular complexity index is 604. The number of thiazole rings is 1. The maximum atomic E-state index is 11.9. The molecule has 1 saturated heterocycles. The molecule has 1 atom stereocenters. The molecule has 2 amide bonds.